The van der Waals surface area contributed by atoms with E-state index in [1.165, 1.54) is 11.1 Å². The third-order valence-corrected chi connectivity index (χ3v) is 6.66. The van der Waals surface area contributed by atoms with Crippen LogP contribution in [0.15, 0.2) is 30.5 Å². The van der Waals surface area contributed by atoms with Gasteiger partial charge in [-0.3, -0.25) is 9.78 Å². The van der Waals surface area contributed by atoms with Gasteiger partial charge in [0, 0.05) is 22.8 Å². The van der Waals surface area contributed by atoms with Crippen LogP contribution in [0.2, 0.25) is 0 Å². The molecule has 0 aliphatic heterocycles. The first-order valence-corrected chi connectivity index (χ1v) is 11.2. The van der Waals surface area contributed by atoms with Crippen molar-refractivity contribution >= 4 is 21.8 Å². The highest BCUT2D eigenvalue weighted by atomic mass is 19.1. The molecule has 4 aromatic rings. The number of nitrogens with zero attached hydrogens (tertiary/aromatic N) is 3. The molecule has 1 N–H and O–H groups in total. The van der Waals surface area contributed by atoms with Crippen molar-refractivity contribution < 1.29 is 4.39 Å². The summed E-state index contributed by atoms with van der Waals surface area (Å²) in [6.45, 7) is 13.0. The molecule has 0 atom stereocenters. The summed E-state index contributed by atoms with van der Waals surface area (Å²) in [6, 6.07) is 8.20. The number of aromatic nitrogens is 4. The fourth-order valence-electron chi connectivity index (χ4n) is 5.23. The molecule has 0 radical (unpaired) electrons. The number of aromatic amines is 1. The molecule has 162 valence electrons. The van der Waals surface area contributed by atoms with E-state index in [9.17, 15) is 0 Å². The van der Waals surface area contributed by atoms with Crippen LogP contribution in [0.1, 0.15) is 75.9 Å². The number of hydrogen-bond donors (Lipinski definition) is 1. The van der Waals surface area contributed by atoms with Crippen LogP contribution in [-0.4, -0.2) is 20.0 Å². The lowest BCUT2D eigenvalue weighted by molar-refractivity contribution is 0.507. The number of aryl methyl sites for hydroxylation is 1. The predicted molar refractivity (Wildman–Crippen MR) is 124 cm³/mol. The standard InChI is InChI=1S/C26H31FN4/c1-15-7-12-20-18(14-28-29-20)22(15)26(5,6)13-21-17-10-11-19(27)23(25(2,3)4)24(17)31(30-21)16-8-9-16/h7,10-12,14,16H,8-9,13H2,1-6H3,(H,28,29). The Morgan fingerprint density at radius 2 is 1.77 bits per heavy atom. The average Bonchev–Trinajstić information content (AvgIpc) is 3.30. The van der Waals surface area contributed by atoms with Gasteiger partial charge in [-0.1, -0.05) is 40.7 Å². The van der Waals surface area contributed by atoms with Gasteiger partial charge in [0.25, 0.3) is 0 Å². The van der Waals surface area contributed by atoms with Gasteiger partial charge in [0.1, 0.15) is 5.82 Å². The zero-order chi connectivity index (χ0) is 22.1. The number of nitrogens with one attached hydrogen (secondary N) is 1. The highest BCUT2D eigenvalue weighted by Crippen LogP contribution is 2.43. The van der Waals surface area contributed by atoms with Crippen molar-refractivity contribution in [1.82, 2.24) is 20.0 Å². The van der Waals surface area contributed by atoms with Crippen LogP contribution in [0.3, 0.4) is 0 Å². The van der Waals surface area contributed by atoms with Gasteiger partial charge < -0.3 is 0 Å². The van der Waals surface area contributed by atoms with Gasteiger partial charge in [-0.2, -0.15) is 10.2 Å². The molecule has 4 nitrogen and oxygen atoms in total. The van der Waals surface area contributed by atoms with Gasteiger partial charge in [0.2, 0.25) is 0 Å². The third-order valence-electron chi connectivity index (χ3n) is 6.66. The van der Waals surface area contributed by atoms with Gasteiger partial charge in [0.15, 0.2) is 0 Å². The van der Waals surface area contributed by atoms with Crippen molar-refractivity contribution in [1.29, 1.82) is 0 Å². The summed E-state index contributed by atoms with van der Waals surface area (Å²) >= 11 is 0. The molecule has 1 aliphatic rings. The molecule has 0 saturated heterocycles. The SMILES string of the molecule is Cc1ccc2[nH]ncc2c1C(C)(C)Cc1nn(C2CC2)c2c(C(C)(C)C)c(F)ccc12. The number of benzene rings is 2. The van der Waals surface area contributed by atoms with Crippen LogP contribution in [0.4, 0.5) is 4.39 Å². The largest absolute Gasteiger partial charge is 0.278 e. The molecule has 0 bridgehead atoms. The van der Waals surface area contributed by atoms with Crippen molar-refractivity contribution in [2.45, 2.75) is 77.7 Å². The highest BCUT2D eigenvalue weighted by molar-refractivity contribution is 5.87. The quantitative estimate of drug-likeness (QED) is 0.410. The molecular weight excluding hydrogens is 387 g/mol. The van der Waals surface area contributed by atoms with Crippen LogP contribution in [-0.2, 0) is 17.3 Å². The number of hydrogen-bond acceptors (Lipinski definition) is 2. The van der Waals surface area contributed by atoms with Gasteiger partial charge in [-0.25, -0.2) is 4.39 Å². The van der Waals surface area contributed by atoms with Crippen LogP contribution in [0.5, 0.6) is 0 Å². The molecule has 5 rings (SSSR count). The maximum Gasteiger partial charge on any atom is 0.129 e. The van der Waals surface area contributed by atoms with E-state index < -0.39 is 0 Å². The van der Waals surface area contributed by atoms with E-state index in [1.807, 2.05) is 12.3 Å². The Bertz CT molecular complexity index is 1300. The minimum atomic E-state index is -0.290. The Hall–Kier alpha value is -2.69. The molecule has 2 heterocycles. The maximum absolute atomic E-state index is 15.0. The second-order valence-corrected chi connectivity index (χ2v) is 10.8. The monoisotopic (exact) mass is 418 g/mol. The fraction of sp³-hybridized carbons (Fsp3) is 0.462. The second kappa shape index (κ2) is 6.65. The van der Waals surface area contributed by atoms with E-state index in [4.69, 9.17) is 5.10 Å². The Morgan fingerprint density at radius 3 is 2.45 bits per heavy atom. The lowest BCUT2D eigenvalue weighted by Crippen LogP contribution is -2.22. The molecular formula is C26H31FN4. The first-order chi connectivity index (χ1) is 14.6. The van der Waals surface area contributed by atoms with Gasteiger partial charge >= 0.3 is 0 Å². The van der Waals surface area contributed by atoms with E-state index >= 15 is 4.39 Å². The summed E-state index contributed by atoms with van der Waals surface area (Å²) in [5.41, 5.74) is 5.98. The zero-order valence-corrected chi connectivity index (χ0v) is 19.3. The smallest absolute Gasteiger partial charge is 0.129 e. The van der Waals surface area contributed by atoms with Gasteiger partial charge in [0.05, 0.1) is 29.0 Å². The van der Waals surface area contributed by atoms with E-state index in [1.54, 1.807) is 6.07 Å². The van der Waals surface area contributed by atoms with Crippen LogP contribution < -0.4 is 0 Å². The van der Waals surface area contributed by atoms with Gasteiger partial charge in [-0.15, -0.1) is 0 Å². The van der Waals surface area contributed by atoms with Crippen molar-refractivity contribution in [2.75, 3.05) is 0 Å². The number of halogens is 1. The molecule has 1 saturated carbocycles. The molecule has 0 unspecified atom stereocenters. The van der Waals surface area contributed by atoms with Crippen LogP contribution in [0, 0.1) is 12.7 Å². The van der Waals surface area contributed by atoms with Crippen LogP contribution >= 0.6 is 0 Å². The summed E-state index contributed by atoms with van der Waals surface area (Å²) in [5.74, 6) is -0.133. The molecule has 2 aromatic carbocycles. The molecule has 0 amide bonds. The Kier molecular flexibility index (Phi) is 4.34. The maximum atomic E-state index is 15.0. The van der Waals surface area contributed by atoms with Crippen molar-refractivity contribution in [2.24, 2.45) is 0 Å². The molecule has 1 aliphatic carbocycles. The van der Waals surface area contributed by atoms with Crippen molar-refractivity contribution in [3.05, 3.63) is 58.7 Å². The fourth-order valence-corrected chi connectivity index (χ4v) is 5.23. The minimum absolute atomic E-state index is 0.133. The third kappa shape index (κ3) is 3.26. The van der Waals surface area contributed by atoms with E-state index in [0.717, 1.165) is 52.3 Å². The molecule has 31 heavy (non-hydrogen) atoms. The Labute approximate surface area is 182 Å². The minimum Gasteiger partial charge on any atom is -0.278 e. The number of fused-ring (bicyclic) bond motifs is 2. The van der Waals surface area contributed by atoms with E-state index in [0.29, 0.717) is 6.04 Å². The topological polar surface area (TPSA) is 46.5 Å². The average molecular weight is 419 g/mol. The molecule has 5 heteroatoms. The molecule has 0 spiro atoms. The Balaban J connectivity index is 1.69. The number of rotatable bonds is 4. The lowest BCUT2D eigenvalue weighted by atomic mass is 9.76. The summed E-state index contributed by atoms with van der Waals surface area (Å²) in [6.07, 6.45) is 4.94. The van der Waals surface area contributed by atoms with E-state index in [2.05, 4.69) is 68.6 Å². The summed E-state index contributed by atoms with van der Waals surface area (Å²) in [5, 5.41) is 14.7. The van der Waals surface area contributed by atoms with Crippen molar-refractivity contribution in [3.63, 3.8) is 0 Å². The van der Waals surface area contributed by atoms with E-state index in [-0.39, 0.29) is 16.6 Å². The second-order valence-electron chi connectivity index (χ2n) is 10.8. The summed E-state index contributed by atoms with van der Waals surface area (Å²) in [7, 11) is 0. The summed E-state index contributed by atoms with van der Waals surface area (Å²) < 4.78 is 17.2. The normalized spacial score (nSPS) is 15.3. The number of H-pyrrole nitrogens is 1. The highest BCUT2D eigenvalue weighted by Gasteiger charge is 2.34. The lowest BCUT2D eigenvalue weighted by Gasteiger charge is -2.27. The van der Waals surface area contributed by atoms with Gasteiger partial charge in [-0.05, 0) is 59.9 Å². The Morgan fingerprint density at radius 1 is 1.03 bits per heavy atom. The summed E-state index contributed by atoms with van der Waals surface area (Å²) in [4.78, 5) is 0. The predicted octanol–water partition coefficient (Wildman–Crippen LogP) is 6.51. The van der Waals surface area contributed by atoms with Crippen LogP contribution in [0.25, 0.3) is 21.8 Å². The van der Waals surface area contributed by atoms with Crippen molar-refractivity contribution in [3.8, 4) is 0 Å². The first kappa shape index (κ1) is 20.2. The first-order valence-electron chi connectivity index (χ1n) is 11.2. The molecule has 2 aromatic heterocycles. The molecule has 1 fully saturated rings. The zero-order valence-electron chi connectivity index (χ0n) is 19.3.